The fourth-order valence-corrected chi connectivity index (χ4v) is 4.62. The molecule has 36 heavy (non-hydrogen) atoms. The Morgan fingerprint density at radius 1 is 0.667 bits per heavy atom. The Kier molecular flexibility index (Phi) is 7.46. The van der Waals surface area contributed by atoms with Crippen LogP contribution in [0.1, 0.15) is 39.2 Å². The Morgan fingerprint density at radius 2 is 1.28 bits per heavy atom. The van der Waals surface area contributed by atoms with Gasteiger partial charge in [0.25, 0.3) is 21.8 Å². The summed E-state index contributed by atoms with van der Waals surface area (Å²) < 4.78 is 27.5. The standard InChI is InChI=1S/C28H25N3O4S/c1-20(23-11-8-12-25(19-23)30-28(33)21-9-4-2-5-10-21)29-27(32)22-15-17-24(18-16-22)31-36(34,35)26-13-6-3-7-14-26/h2-20,31H,1H3,(H,29,32)(H,30,33). The molecule has 0 aliphatic heterocycles. The topological polar surface area (TPSA) is 104 Å². The summed E-state index contributed by atoms with van der Waals surface area (Å²) in [7, 11) is -3.71. The van der Waals surface area contributed by atoms with Gasteiger partial charge in [-0.2, -0.15) is 0 Å². The molecule has 0 saturated carbocycles. The number of anilines is 2. The van der Waals surface area contributed by atoms with E-state index in [1.165, 1.54) is 12.1 Å². The van der Waals surface area contributed by atoms with Gasteiger partial charge in [0.15, 0.2) is 0 Å². The molecule has 8 heteroatoms. The molecule has 1 atom stereocenters. The van der Waals surface area contributed by atoms with Crippen LogP contribution < -0.4 is 15.4 Å². The van der Waals surface area contributed by atoms with Gasteiger partial charge in [0.2, 0.25) is 0 Å². The second-order valence-corrected chi connectivity index (χ2v) is 9.82. The monoisotopic (exact) mass is 499 g/mol. The zero-order valence-corrected chi connectivity index (χ0v) is 20.3. The summed E-state index contributed by atoms with van der Waals surface area (Å²) in [5, 5.41) is 5.80. The van der Waals surface area contributed by atoms with Crippen molar-refractivity contribution in [3.8, 4) is 0 Å². The average Bonchev–Trinajstić information content (AvgIpc) is 2.90. The van der Waals surface area contributed by atoms with Crippen molar-refractivity contribution in [2.75, 3.05) is 10.0 Å². The molecule has 1 unspecified atom stereocenters. The smallest absolute Gasteiger partial charge is 0.261 e. The first-order valence-corrected chi connectivity index (χ1v) is 12.8. The van der Waals surface area contributed by atoms with E-state index in [0.717, 1.165) is 5.56 Å². The predicted molar refractivity (Wildman–Crippen MR) is 140 cm³/mol. The molecule has 7 nitrogen and oxygen atoms in total. The van der Waals surface area contributed by atoms with E-state index >= 15 is 0 Å². The summed E-state index contributed by atoms with van der Waals surface area (Å²) in [5.41, 5.74) is 2.74. The van der Waals surface area contributed by atoms with Crippen LogP contribution in [0.4, 0.5) is 11.4 Å². The molecule has 0 aliphatic carbocycles. The molecule has 0 aliphatic rings. The first-order chi connectivity index (χ1) is 17.3. The normalized spacial score (nSPS) is 11.8. The van der Waals surface area contributed by atoms with Crippen LogP contribution in [-0.2, 0) is 10.0 Å². The first kappa shape index (κ1) is 24.7. The molecule has 4 aromatic rings. The highest BCUT2D eigenvalue weighted by Crippen LogP contribution is 2.20. The zero-order valence-electron chi connectivity index (χ0n) is 19.5. The van der Waals surface area contributed by atoms with Crippen molar-refractivity contribution >= 4 is 33.2 Å². The van der Waals surface area contributed by atoms with E-state index in [-0.39, 0.29) is 22.8 Å². The van der Waals surface area contributed by atoms with Gasteiger partial charge < -0.3 is 10.6 Å². The van der Waals surface area contributed by atoms with Crippen molar-refractivity contribution in [3.63, 3.8) is 0 Å². The summed E-state index contributed by atoms with van der Waals surface area (Å²) in [6, 6.07) is 30.1. The Labute approximate surface area is 210 Å². The molecule has 182 valence electrons. The van der Waals surface area contributed by atoms with Crippen LogP contribution in [0.3, 0.4) is 0 Å². The van der Waals surface area contributed by atoms with E-state index in [2.05, 4.69) is 15.4 Å². The van der Waals surface area contributed by atoms with Crippen LogP contribution in [0.25, 0.3) is 0 Å². The summed E-state index contributed by atoms with van der Waals surface area (Å²) in [5.74, 6) is -0.522. The molecule has 4 rings (SSSR count). The van der Waals surface area contributed by atoms with Crippen LogP contribution >= 0.6 is 0 Å². The first-order valence-electron chi connectivity index (χ1n) is 11.3. The van der Waals surface area contributed by atoms with E-state index in [0.29, 0.717) is 22.5 Å². The molecule has 0 spiro atoms. The second kappa shape index (κ2) is 10.9. The van der Waals surface area contributed by atoms with Gasteiger partial charge in [0.05, 0.1) is 10.9 Å². The quantitative estimate of drug-likeness (QED) is 0.309. The summed E-state index contributed by atoms with van der Waals surface area (Å²) >= 11 is 0. The second-order valence-electron chi connectivity index (χ2n) is 8.14. The van der Waals surface area contributed by atoms with Crippen molar-refractivity contribution in [2.24, 2.45) is 0 Å². The van der Waals surface area contributed by atoms with Gasteiger partial charge in [-0.3, -0.25) is 14.3 Å². The number of benzene rings is 4. The van der Waals surface area contributed by atoms with E-state index in [9.17, 15) is 18.0 Å². The highest BCUT2D eigenvalue weighted by atomic mass is 32.2. The lowest BCUT2D eigenvalue weighted by Crippen LogP contribution is -2.26. The minimum absolute atomic E-state index is 0.155. The molecular weight excluding hydrogens is 474 g/mol. The fraction of sp³-hybridized carbons (Fsp3) is 0.0714. The van der Waals surface area contributed by atoms with Gasteiger partial charge in [-0.05, 0) is 73.2 Å². The van der Waals surface area contributed by atoms with Gasteiger partial charge >= 0.3 is 0 Å². The minimum atomic E-state index is -3.71. The molecule has 0 aromatic heterocycles. The molecule has 0 saturated heterocycles. The number of nitrogens with one attached hydrogen (secondary N) is 3. The number of hydrogen-bond donors (Lipinski definition) is 3. The van der Waals surface area contributed by atoms with Gasteiger partial charge in [0, 0.05) is 22.5 Å². The molecule has 0 radical (unpaired) electrons. The Morgan fingerprint density at radius 3 is 1.94 bits per heavy atom. The number of hydrogen-bond acceptors (Lipinski definition) is 4. The summed E-state index contributed by atoms with van der Waals surface area (Å²) in [4.78, 5) is 25.4. The molecule has 0 fully saturated rings. The van der Waals surface area contributed by atoms with Crippen molar-refractivity contribution in [1.29, 1.82) is 0 Å². The number of carbonyl (C=O) groups is 2. The van der Waals surface area contributed by atoms with Gasteiger partial charge in [-0.25, -0.2) is 8.42 Å². The van der Waals surface area contributed by atoms with E-state index in [4.69, 9.17) is 0 Å². The van der Waals surface area contributed by atoms with Gasteiger partial charge in [-0.15, -0.1) is 0 Å². The third kappa shape index (κ3) is 6.17. The molecule has 2 amide bonds. The fourth-order valence-electron chi connectivity index (χ4n) is 3.55. The van der Waals surface area contributed by atoms with Crippen LogP contribution in [0, 0.1) is 0 Å². The maximum Gasteiger partial charge on any atom is 0.261 e. The number of carbonyl (C=O) groups excluding carboxylic acids is 2. The number of sulfonamides is 1. The summed E-state index contributed by atoms with van der Waals surface area (Å²) in [6.07, 6.45) is 0. The molecule has 3 N–H and O–H groups in total. The number of amides is 2. The third-order valence-electron chi connectivity index (χ3n) is 5.48. The highest BCUT2D eigenvalue weighted by molar-refractivity contribution is 7.92. The minimum Gasteiger partial charge on any atom is -0.346 e. The van der Waals surface area contributed by atoms with Crippen LogP contribution in [-0.4, -0.2) is 20.2 Å². The van der Waals surface area contributed by atoms with Crippen molar-refractivity contribution in [1.82, 2.24) is 5.32 Å². The van der Waals surface area contributed by atoms with E-state index in [1.54, 1.807) is 72.8 Å². The Hall–Kier alpha value is -4.43. The average molecular weight is 500 g/mol. The van der Waals surface area contributed by atoms with Gasteiger partial charge in [0.1, 0.15) is 0 Å². The third-order valence-corrected chi connectivity index (χ3v) is 6.88. The van der Waals surface area contributed by atoms with E-state index < -0.39 is 10.0 Å². The highest BCUT2D eigenvalue weighted by Gasteiger charge is 2.15. The molecule has 0 heterocycles. The van der Waals surface area contributed by atoms with E-state index in [1.807, 2.05) is 31.2 Å². The predicted octanol–water partition coefficient (Wildman–Crippen LogP) is 5.23. The SMILES string of the molecule is CC(NC(=O)c1ccc(NS(=O)(=O)c2ccccc2)cc1)c1cccc(NC(=O)c2ccccc2)c1. The van der Waals surface area contributed by atoms with Crippen LogP contribution in [0.2, 0.25) is 0 Å². The largest absolute Gasteiger partial charge is 0.346 e. The maximum atomic E-state index is 12.8. The van der Waals surface area contributed by atoms with Gasteiger partial charge in [-0.1, -0.05) is 48.5 Å². The van der Waals surface area contributed by atoms with Crippen molar-refractivity contribution in [3.05, 3.63) is 126 Å². The lowest BCUT2D eigenvalue weighted by molar-refractivity contribution is 0.0939. The molecule has 4 aromatic carbocycles. The Bertz CT molecular complexity index is 1460. The lowest BCUT2D eigenvalue weighted by atomic mass is 10.1. The Balaban J connectivity index is 1.38. The molecule has 0 bridgehead atoms. The number of rotatable bonds is 8. The van der Waals surface area contributed by atoms with Crippen molar-refractivity contribution < 1.29 is 18.0 Å². The zero-order chi connectivity index (χ0) is 25.5. The van der Waals surface area contributed by atoms with Crippen LogP contribution in [0.15, 0.2) is 114 Å². The van der Waals surface area contributed by atoms with Crippen molar-refractivity contribution in [2.45, 2.75) is 17.9 Å². The molecular formula is C28H25N3O4S. The lowest BCUT2D eigenvalue weighted by Gasteiger charge is -2.16. The summed E-state index contributed by atoms with van der Waals surface area (Å²) in [6.45, 7) is 1.85. The maximum absolute atomic E-state index is 12.8. The van der Waals surface area contributed by atoms with Crippen LogP contribution in [0.5, 0.6) is 0 Å².